The Hall–Kier alpha value is -0.380. The number of hydrogen-bond donors (Lipinski definition) is 2. The van der Waals surface area contributed by atoms with Crippen molar-refractivity contribution in [1.82, 2.24) is 0 Å². The molecule has 4 rings (SSSR count). The van der Waals surface area contributed by atoms with Crippen LogP contribution in [0, 0.1) is 28.6 Å². The number of ketones is 1. The Kier molecular flexibility index (Phi) is 3.23. The Labute approximate surface area is 143 Å². The number of hydrogen-bond acceptors (Lipinski definition) is 3. The molecular weight excluding hydrogens is 312 g/mol. The van der Waals surface area contributed by atoms with Gasteiger partial charge in [0.25, 0.3) is 0 Å². The van der Waals surface area contributed by atoms with Crippen LogP contribution in [0.5, 0.6) is 0 Å². The van der Waals surface area contributed by atoms with E-state index in [9.17, 15) is 15.0 Å². The maximum absolute atomic E-state index is 12.3. The average molecular weight is 339 g/mol. The number of alkyl halides is 1. The van der Waals surface area contributed by atoms with Gasteiger partial charge in [-0.1, -0.05) is 32.4 Å². The molecular formula is C19H27ClO3. The molecule has 0 radical (unpaired) electrons. The van der Waals surface area contributed by atoms with Crippen LogP contribution in [0.1, 0.15) is 58.8 Å². The molecule has 3 fully saturated rings. The van der Waals surface area contributed by atoms with Gasteiger partial charge < -0.3 is 10.2 Å². The molecule has 0 heterocycles. The molecule has 0 aromatic rings. The highest BCUT2D eigenvalue weighted by Crippen LogP contribution is 2.68. The van der Waals surface area contributed by atoms with Crippen LogP contribution in [-0.2, 0) is 4.79 Å². The van der Waals surface area contributed by atoms with Crippen molar-refractivity contribution in [2.45, 2.75) is 69.5 Å². The fraction of sp³-hybridized carbons (Fsp3) is 0.842. The molecule has 3 saturated carbocycles. The van der Waals surface area contributed by atoms with Crippen molar-refractivity contribution < 1.29 is 15.0 Å². The lowest BCUT2D eigenvalue weighted by Gasteiger charge is -2.62. The number of aliphatic hydroxyl groups is 2. The van der Waals surface area contributed by atoms with E-state index in [1.807, 2.05) is 0 Å². The van der Waals surface area contributed by atoms with E-state index in [4.69, 9.17) is 11.6 Å². The van der Waals surface area contributed by atoms with Crippen LogP contribution in [0.15, 0.2) is 12.2 Å². The summed E-state index contributed by atoms with van der Waals surface area (Å²) in [5.74, 6) is -1.82. The van der Waals surface area contributed by atoms with Gasteiger partial charge in [-0.2, -0.15) is 0 Å². The number of allylic oxidation sites excluding steroid dienone is 2. The van der Waals surface area contributed by atoms with Crippen LogP contribution >= 0.6 is 11.6 Å². The van der Waals surface area contributed by atoms with Gasteiger partial charge in [-0.3, -0.25) is 4.79 Å². The van der Waals surface area contributed by atoms with E-state index in [2.05, 4.69) is 26.0 Å². The second kappa shape index (κ2) is 4.62. The summed E-state index contributed by atoms with van der Waals surface area (Å²) in [6.45, 7) is 4.51. The first-order chi connectivity index (χ1) is 10.6. The van der Waals surface area contributed by atoms with E-state index in [0.717, 1.165) is 12.8 Å². The standard InChI is InChI=1S/C19H27ClO3/c1-16-7-3-4-13(16)14-6-5-12-10-19(22,23)15(21)11-17(12,2)18(14,20)9-8-16/h5-6,12-14,22-23H,3-4,7-11H2,1-2H3/t12?,13-,14-,16-,17-,18+/m0/s1. The maximum atomic E-state index is 12.3. The Morgan fingerprint density at radius 2 is 1.91 bits per heavy atom. The van der Waals surface area contributed by atoms with E-state index in [1.165, 1.54) is 19.3 Å². The first kappa shape index (κ1) is 16.1. The highest BCUT2D eigenvalue weighted by atomic mass is 35.5. The minimum atomic E-state index is -2.19. The number of Topliss-reactive ketones (excluding diaryl/α,β-unsaturated/α-hetero) is 1. The third-order valence-corrected chi connectivity index (χ3v) is 8.85. The molecule has 0 amide bonds. The molecule has 6 atom stereocenters. The number of rotatable bonds is 0. The highest BCUT2D eigenvalue weighted by Gasteiger charge is 2.66. The zero-order chi connectivity index (χ0) is 16.7. The van der Waals surface area contributed by atoms with Crippen LogP contribution in [0.2, 0.25) is 0 Å². The third-order valence-electron chi connectivity index (χ3n) is 7.98. The smallest absolute Gasteiger partial charge is 0.224 e. The zero-order valence-electron chi connectivity index (χ0n) is 14.0. The molecule has 128 valence electrons. The molecule has 3 nitrogen and oxygen atoms in total. The summed E-state index contributed by atoms with van der Waals surface area (Å²) < 4.78 is 0. The van der Waals surface area contributed by atoms with Gasteiger partial charge in [0.1, 0.15) is 0 Å². The van der Waals surface area contributed by atoms with Crippen LogP contribution in [0.25, 0.3) is 0 Å². The van der Waals surface area contributed by atoms with Crippen molar-refractivity contribution in [3.8, 4) is 0 Å². The Bertz CT molecular complexity index is 585. The van der Waals surface area contributed by atoms with Crippen molar-refractivity contribution in [1.29, 1.82) is 0 Å². The molecule has 4 aliphatic rings. The quantitative estimate of drug-likeness (QED) is 0.404. The van der Waals surface area contributed by atoms with Gasteiger partial charge in [0.2, 0.25) is 5.79 Å². The maximum Gasteiger partial charge on any atom is 0.224 e. The predicted molar refractivity (Wildman–Crippen MR) is 88.9 cm³/mol. The minimum Gasteiger partial charge on any atom is -0.360 e. The Balaban J connectivity index is 1.77. The van der Waals surface area contributed by atoms with Crippen molar-refractivity contribution in [3.05, 3.63) is 12.2 Å². The van der Waals surface area contributed by atoms with Gasteiger partial charge >= 0.3 is 0 Å². The summed E-state index contributed by atoms with van der Waals surface area (Å²) in [6, 6.07) is 0. The van der Waals surface area contributed by atoms with Gasteiger partial charge in [-0.25, -0.2) is 0 Å². The summed E-state index contributed by atoms with van der Waals surface area (Å²) in [4.78, 5) is 11.9. The summed E-state index contributed by atoms with van der Waals surface area (Å²) >= 11 is 7.31. The van der Waals surface area contributed by atoms with E-state index in [1.54, 1.807) is 0 Å². The van der Waals surface area contributed by atoms with Gasteiger partial charge in [-0.15, -0.1) is 11.6 Å². The number of carbonyl (C=O) groups excluding carboxylic acids is 1. The molecule has 4 aliphatic carbocycles. The summed E-state index contributed by atoms with van der Waals surface area (Å²) in [6.07, 6.45) is 10.4. The van der Waals surface area contributed by atoms with Crippen molar-refractivity contribution in [2.75, 3.05) is 0 Å². The molecule has 0 aliphatic heterocycles. The first-order valence-corrected chi connectivity index (χ1v) is 9.36. The molecule has 23 heavy (non-hydrogen) atoms. The molecule has 0 aromatic heterocycles. The molecule has 0 spiro atoms. The molecule has 1 unspecified atom stereocenters. The third kappa shape index (κ3) is 1.93. The number of halogens is 1. The summed E-state index contributed by atoms with van der Waals surface area (Å²) in [5, 5.41) is 20.0. The largest absolute Gasteiger partial charge is 0.360 e. The van der Waals surface area contributed by atoms with Crippen molar-refractivity contribution in [3.63, 3.8) is 0 Å². The zero-order valence-corrected chi connectivity index (χ0v) is 14.8. The SMILES string of the molecule is C[C@@]12CCC[C@H]1[C@@H]1C=CC3CC(O)(O)C(=O)C[C@]3(C)[C@@]1(Cl)CC2. The summed E-state index contributed by atoms with van der Waals surface area (Å²) in [7, 11) is 0. The average Bonchev–Trinajstić information content (AvgIpc) is 2.84. The van der Waals surface area contributed by atoms with Gasteiger partial charge in [0.15, 0.2) is 5.78 Å². The Morgan fingerprint density at radius 3 is 2.65 bits per heavy atom. The van der Waals surface area contributed by atoms with Crippen LogP contribution in [-0.4, -0.2) is 26.7 Å². The number of carbonyl (C=O) groups is 1. The van der Waals surface area contributed by atoms with Crippen LogP contribution < -0.4 is 0 Å². The van der Waals surface area contributed by atoms with E-state index >= 15 is 0 Å². The highest BCUT2D eigenvalue weighted by molar-refractivity contribution is 6.25. The lowest BCUT2D eigenvalue weighted by molar-refractivity contribution is -0.208. The molecule has 0 saturated heterocycles. The molecule has 0 aromatic carbocycles. The number of fused-ring (bicyclic) bond motifs is 5. The van der Waals surface area contributed by atoms with E-state index in [-0.39, 0.29) is 24.2 Å². The second-order valence-electron chi connectivity index (χ2n) is 9.07. The molecule has 2 N–H and O–H groups in total. The van der Waals surface area contributed by atoms with E-state index in [0.29, 0.717) is 17.3 Å². The fourth-order valence-corrected chi connectivity index (χ4v) is 6.86. The van der Waals surface area contributed by atoms with Crippen molar-refractivity contribution >= 4 is 17.4 Å². The lowest BCUT2D eigenvalue weighted by Crippen LogP contribution is -2.64. The Morgan fingerprint density at radius 1 is 1.17 bits per heavy atom. The van der Waals surface area contributed by atoms with Gasteiger partial charge in [0, 0.05) is 18.3 Å². The minimum absolute atomic E-state index is 0.0466. The van der Waals surface area contributed by atoms with E-state index < -0.39 is 16.4 Å². The first-order valence-electron chi connectivity index (χ1n) is 8.98. The van der Waals surface area contributed by atoms with Gasteiger partial charge in [-0.05, 0) is 48.9 Å². The lowest BCUT2D eigenvalue weighted by atomic mass is 9.46. The fourth-order valence-electron chi connectivity index (χ4n) is 6.33. The molecule has 0 bridgehead atoms. The summed E-state index contributed by atoms with van der Waals surface area (Å²) in [5.41, 5.74) is -0.00306. The predicted octanol–water partition coefficient (Wildman–Crippen LogP) is 3.42. The van der Waals surface area contributed by atoms with Crippen LogP contribution in [0.4, 0.5) is 0 Å². The molecule has 4 heteroatoms. The topological polar surface area (TPSA) is 57.5 Å². The normalized spacial score (nSPS) is 54.3. The second-order valence-corrected chi connectivity index (χ2v) is 9.75. The van der Waals surface area contributed by atoms with Crippen LogP contribution in [0.3, 0.4) is 0 Å². The van der Waals surface area contributed by atoms with Gasteiger partial charge in [0.05, 0.1) is 4.87 Å². The monoisotopic (exact) mass is 338 g/mol. The van der Waals surface area contributed by atoms with Crippen molar-refractivity contribution in [2.24, 2.45) is 28.6 Å².